The van der Waals surface area contributed by atoms with Gasteiger partial charge in [-0.2, -0.15) is 5.26 Å². The highest BCUT2D eigenvalue weighted by Gasteiger charge is 2.21. The molecule has 0 N–H and O–H groups in total. The molecule has 0 aliphatic rings. The summed E-state index contributed by atoms with van der Waals surface area (Å²) in [5.41, 5.74) is -0.00521. The van der Waals surface area contributed by atoms with Crippen LogP contribution in [-0.2, 0) is 9.05 Å². The molecule has 0 unspecified atom stereocenters. The second-order valence-electron chi connectivity index (χ2n) is 2.28. The molecule has 1 aromatic carbocycles. The summed E-state index contributed by atoms with van der Waals surface area (Å²) in [4.78, 5) is -0.212. The Hall–Kier alpha value is -0.0900. The molecule has 0 radical (unpaired) electrons. The van der Waals surface area contributed by atoms with Crippen LogP contribution in [0, 0.1) is 11.3 Å². The molecule has 0 amide bonds. The highest BCUT2D eigenvalue weighted by molar-refractivity contribution is 9.11. The molecule has 0 aliphatic heterocycles. The molecule has 0 fully saturated rings. The highest BCUT2D eigenvalue weighted by atomic mass is 79.9. The Morgan fingerprint density at radius 2 is 1.79 bits per heavy atom. The zero-order chi connectivity index (χ0) is 10.9. The minimum Gasteiger partial charge on any atom is -0.207 e. The highest BCUT2D eigenvalue weighted by Crippen LogP contribution is 2.32. The lowest BCUT2D eigenvalue weighted by molar-refractivity contribution is 0.609. The molecule has 1 aromatic rings. The molecule has 14 heavy (non-hydrogen) atoms. The number of nitrogens with zero attached hydrogens (tertiary/aromatic N) is 1. The van der Waals surface area contributed by atoms with Crippen molar-refractivity contribution >= 4 is 51.6 Å². The Kier molecular flexibility index (Phi) is 3.58. The zero-order valence-electron chi connectivity index (χ0n) is 6.46. The predicted octanol–water partition coefficient (Wildman–Crippen LogP) is 3.01. The van der Waals surface area contributed by atoms with Gasteiger partial charge in [0.05, 0.1) is 5.56 Å². The van der Waals surface area contributed by atoms with Gasteiger partial charge in [-0.3, -0.25) is 0 Å². The molecule has 0 saturated heterocycles. The third kappa shape index (κ3) is 2.28. The first-order valence-corrected chi connectivity index (χ1v) is 7.10. The van der Waals surface area contributed by atoms with Crippen LogP contribution in [-0.4, -0.2) is 8.42 Å². The number of rotatable bonds is 1. The molecule has 74 valence electrons. The van der Waals surface area contributed by atoms with Crippen LogP contribution in [0.1, 0.15) is 5.56 Å². The van der Waals surface area contributed by atoms with E-state index in [0.29, 0.717) is 4.47 Å². The summed E-state index contributed by atoms with van der Waals surface area (Å²) < 4.78 is 23.0. The minimum atomic E-state index is -3.93. The van der Waals surface area contributed by atoms with Gasteiger partial charge in [0.1, 0.15) is 11.0 Å². The van der Waals surface area contributed by atoms with E-state index in [1.807, 2.05) is 0 Å². The van der Waals surface area contributed by atoms with Crippen LogP contribution < -0.4 is 0 Å². The van der Waals surface area contributed by atoms with Gasteiger partial charge in [-0.05, 0) is 44.0 Å². The lowest BCUT2D eigenvalue weighted by Crippen LogP contribution is -1.97. The van der Waals surface area contributed by atoms with Crippen LogP contribution in [0.25, 0.3) is 0 Å². The van der Waals surface area contributed by atoms with Crippen LogP contribution in [0.5, 0.6) is 0 Å². The van der Waals surface area contributed by atoms with Crippen molar-refractivity contribution in [2.45, 2.75) is 4.90 Å². The van der Waals surface area contributed by atoms with Gasteiger partial charge in [-0.15, -0.1) is 0 Å². The minimum absolute atomic E-state index is 0.00521. The number of nitriles is 1. The number of halogens is 3. The van der Waals surface area contributed by atoms with Gasteiger partial charge in [0.15, 0.2) is 0 Å². The van der Waals surface area contributed by atoms with Crippen molar-refractivity contribution in [1.82, 2.24) is 0 Å². The average molecular weight is 359 g/mol. The summed E-state index contributed by atoms with van der Waals surface area (Å²) in [6.07, 6.45) is 0. The van der Waals surface area contributed by atoms with Gasteiger partial charge in [-0.1, -0.05) is 0 Å². The Bertz CT molecular complexity index is 521. The van der Waals surface area contributed by atoms with E-state index in [9.17, 15) is 8.42 Å². The Balaban J connectivity index is 3.74. The Labute approximate surface area is 102 Å². The molecule has 0 aromatic heterocycles. The molecule has 0 atom stereocenters. The van der Waals surface area contributed by atoms with Crippen molar-refractivity contribution in [3.63, 3.8) is 0 Å². The van der Waals surface area contributed by atoms with Gasteiger partial charge in [0.25, 0.3) is 9.05 Å². The van der Waals surface area contributed by atoms with E-state index in [-0.39, 0.29) is 14.9 Å². The maximum atomic E-state index is 11.1. The third-order valence-electron chi connectivity index (χ3n) is 1.41. The van der Waals surface area contributed by atoms with Crippen molar-refractivity contribution < 1.29 is 8.42 Å². The van der Waals surface area contributed by atoms with Crippen LogP contribution in [0.4, 0.5) is 0 Å². The fourth-order valence-corrected chi connectivity index (χ4v) is 3.86. The average Bonchev–Trinajstić information content (AvgIpc) is 2.06. The molecule has 3 nitrogen and oxygen atoms in total. The standard InChI is InChI=1S/C7H2Br2ClNO2S/c8-5-1-2-6(9)7(4(5)3-11)14(10,12)13/h1-2H. The smallest absolute Gasteiger partial charge is 0.207 e. The largest absolute Gasteiger partial charge is 0.263 e. The van der Waals surface area contributed by atoms with Crippen molar-refractivity contribution in [2.24, 2.45) is 0 Å². The fraction of sp³-hybridized carbons (Fsp3) is 0. The third-order valence-corrected chi connectivity index (χ3v) is 4.37. The van der Waals surface area contributed by atoms with Crippen molar-refractivity contribution in [2.75, 3.05) is 0 Å². The van der Waals surface area contributed by atoms with Gasteiger partial charge in [0.2, 0.25) is 0 Å². The molecule has 0 heterocycles. The summed E-state index contributed by atoms with van der Waals surface area (Å²) in [6, 6.07) is 4.83. The summed E-state index contributed by atoms with van der Waals surface area (Å²) in [6.45, 7) is 0. The first-order valence-electron chi connectivity index (χ1n) is 3.20. The molecule has 0 saturated carbocycles. The number of benzene rings is 1. The predicted molar refractivity (Wildman–Crippen MR) is 59.6 cm³/mol. The van der Waals surface area contributed by atoms with Gasteiger partial charge in [-0.25, -0.2) is 8.42 Å². The van der Waals surface area contributed by atoms with Crippen LogP contribution in [0.3, 0.4) is 0 Å². The van der Waals surface area contributed by atoms with Crippen LogP contribution in [0.15, 0.2) is 26.0 Å². The van der Waals surface area contributed by atoms with Crippen molar-refractivity contribution in [3.8, 4) is 6.07 Å². The first kappa shape index (κ1) is 12.0. The van der Waals surface area contributed by atoms with Crippen LogP contribution in [0.2, 0.25) is 0 Å². The van der Waals surface area contributed by atoms with E-state index in [2.05, 4.69) is 31.9 Å². The fourth-order valence-electron chi connectivity index (χ4n) is 0.876. The maximum absolute atomic E-state index is 11.1. The molecular formula is C7H2Br2ClNO2S. The zero-order valence-corrected chi connectivity index (χ0v) is 11.2. The lowest BCUT2D eigenvalue weighted by Gasteiger charge is -2.04. The van der Waals surface area contributed by atoms with E-state index >= 15 is 0 Å². The normalized spacial score (nSPS) is 11.0. The topological polar surface area (TPSA) is 57.9 Å². The van der Waals surface area contributed by atoms with Crippen molar-refractivity contribution in [3.05, 3.63) is 26.6 Å². The van der Waals surface area contributed by atoms with E-state index < -0.39 is 9.05 Å². The van der Waals surface area contributed by atoms with Gasteiger partial charge < -0.3 is 0 Å². The molecule has 0 spiro atoms. The molecule has 1 rings (SSSR count). The molecule has 0 bridgehead atoms. The van der Waals surface area contributed by atoms with E-state index in [0.717, 1.165) is 0 Å². The summed E-state index contributed by atoms with van der Waals surface area (Å²) in [5, 5.41) is 8.76. The molecule has 0 aliphatic carbocycles. The summed E-state index contributed by atoms with van der Waals surface area (Å²) >= 11 is 6.09. The van der Waals surface area contributed by atoms with Gasteiger partial charge >= 0.3 is 0 Å². The van der Waals surface area contributed by atoms with E-state index in [1.54, 1.807) is 12.1 Å². The first-order chi connectivity index (χ1) is 6.38. The van der Waals surface area contributed by atoms with E-state index in [4.69, 9.17) is 15.9 Å². The maximum Gasteiger partial charge on any atom is 0.263 e. The second kappa shape index (κ2) is 4.19. The van der Waals surface area contributed by atoms with Gasteiger partial charge in [0, 0.05) is 19.6 Å². The van der Waals surface area contributed by atoms with Crippen LogP contribution >= 0.6 is 42.5 Å². The quantitative estimate of drug-likeness (QED) is 0.724. The number of hydrogen-bond donors (Lipinski definition) is 0. The summed E-state index contributed by atoms with van der Waals surface area (Å²) in [7, 11) is 1.26. The second-order valence-corrected chi connectivity index (χ2v) is 6.49. The molecule has 7 heteroatoms. The summed E-state index contributed by atoms with van der Waals surface area (Å²) in [5.74, 6) is 0. The SMILES string of the molecule is N#Cc1c(Br)ccc(Br)c1S(=O)(=O)Cl. The Morgan fingerprint density at radius 3 is 2.14 bits per heavy atom. The van der Waals surface area contributed by atoms with E-state index in [1.165, 1.54) is 6.07 Å². The Morgan fingerprint density at radius 1 is 1.29 bits per heavy atom. The molecular weight excluding hydrogens is 357 g/mol. The van der Waals surface area contributed by atoms with Crippen molar-refractivity contribution in [1.29, 1.82) is 5.26 Å². The number of hydrogen-bond acceptors (Lipinski definition) is 3. The lowest BCUT2D eigenvalue weighted by atomic mass is 10.2. The monoisotopic (exact) mass is 357 g/mol.